The summed E-state index contributed by atoms with van der Waals surface area (Å²) in [5, 5.41) is 3.63. The van der Waals surface area contributed by atoms with Crippen molar-refractivity contribution in [1.82, 2.24) is 10.4 Å². The number of anilines is 1. The van der Waals surface area contributed by atoms with Crippen molar-refractivity contribution in [2.24, 2.45) is 5.92 Å². The van der Waals surface area contributed by atoms with Gasteiger partial charge in [0.1, 0.15) is 6.04 Å². The summed E-state index contributed by atoms with van der Waals surface area (Å²) < 4.78 is 37.9. The SMILES string of the molecule is CC(C)C[C@@H](/C=C/C(=O)N1CCc2ccccc21)NC(=O)[C@@H]1CCCCN1OC(=O)C(F)(F)F. The molecule has 1 saturated heterocycles. The molecule has 1 N–H and O–H groups in total. The average Bonchev–Trinajstić information content (AvgIpc) is 3.21. The number of fused-ring (bicyclic) bond motifs is 1. The molecule has 1 aromatic carbocycles. The van der Waals surface area contributed by atoms with Gasteiger partial charge >= 0.3 is 12.1 Å². The Bertz CT molecular complexity index is 932. The summed E-state index contributed by atoms with van der Waals surface area (Å²) in [6.45, 7) is 4.54. The van der Waals surface area contributed by atoms with E-state index in [-0.39, 0.29) is 24.8 Å². The maximum Gasteiger partial charge on any atom is 0.492 e. The van der Waals surface area contributed by atoms with Gasteiger partial charge in [0.2, 0.25) is 5.91 Å². The second kappa shape index (κ2) is 11.0. The van der Waals surface area contributed by atoms with Gasteiger partial charge in [-0.2, -0.15) is 13.2 Å². The zero-order valence-electron chi connectivity index (χ0n) is 19.3. The van der Waals surface area contributed by atoms with Crippen molar-refractivity contribution in [1.29, 1.82) is 0 Å². The molecule has 2 atom stereocenters. The number of benzene rings is 1. The van der Waals surface area contributed by atoms with Gasteiger partial charge in [-0.3, -0.25) is 9.59 Å². The van der Waals surface area contributed by atoms with Gasteiger partial charge in [-0.25, -0.2) is 4.79 Å². The van der Waals surface area contributed by atoms with Crippen molar-refractivity contribution in [3.05, 3.63) is 42.0 Å². The monoisotopic (exact) mass is 481 g/mol. The van der Waals surface area contributed by atoms with Crippen molar-refractivity contribution >= 4 is 23.5 Å². The normalized spacial score (nSPS) is 19.8. The van der Waals surface area contributed by atoms with Gasteiger partial charge in [-0.15, -0.1) is 5.06 Å². The Labute approximate surface area is 196 Å². The van der Waals surface area contributed by atoms with Crippen LogP contribution in [0.25, 0.3) is 0 Å². The molecular formula is C24H30F3N3O4. The van der Waals surface area contributed by atoms with Gasteiger partial charge in [-0.1, -0.05) is 38.1 Å². The Hall–Kier alpha value is -2.88. The van der Waals surface area contributed by atoms with E-state index in [0.717, 1.165) is 22.7 Å². The number of carbonyl (C=O) groups excluding carboxylic acids is 3. The predicted molar refractivity (Wildman–Crippen MR) is 120 cm³/mol. The average molecular weight is 482 g/mol. The van der Waals surface area contributed by atoms with E-state index in [1.54, 1.807) is 11.0 Å². The number of amides is 2. The zero-order valence-corrected chi connectivity index (χ0v) is 19.3. The van der Waals surface area contributed by atoms with Gasteiger partial charge in [0.15, 0.2) is 0 Å². The fraction of sp³-hybridized carbons (Fsp3) is 0.542. The number of nitrogens with zero attached hydrogens (tertiary/aromatic N) is 2. The summed E-state index contributed by atoms with van der Waals surface area (Å²) in [6, 6.07) is 6.15. The first-order valence-corrected chi connectivity index (χ1v) is 11.5. The summed E-state index contributed by atoms with van der Waals surface area (Å²) in [7, 11) is 0. The van der Waals surface area contributed by atoms with E-state index < -0.39 is 30.1 Å². The highest BCUT2D eigenvalue weighted by Crippen LogP contribution is 2.28. The molecule has 3 rings (SSSR count). The van der Waals surface area contributed by atoms with E-state index in [1.807, 2.05) is 38.1 Å². The first kappa shape index (κ1) is 25.7. The van der Waals surface area contributed by atoms with Crippen LogP contribution < -0.4 is 10.2 Å². The Balaban J connectivity index is 1.67. The van der Waals surface area contributed by atoms with E-state index in [9.17, 15) is 27.6 Å². The fourth-order valence-electron chi connectivity index (χ4n) is 4.26. The van der Waals surface area contributed by atoms with Crippen molar-refractivity contribution in [2.75, 3.05) is 18.0 Å². The highest BCUT2D eigenvalue weighted by Gasteiger charge is 2.44. The molecule has 186 valence electrons. The Morgan fingerprint density at radius 2 is 1.91 bits per heavy atom. The van der Waals surface area contributed by atoms with E-state index >= 15 is 0 Å². The molecule has 0 saturated carbocycles. The van der Waals surface area contributed by atoms with Crippen LogP contribution in [0.4, 0.5) is 18.9 Å². The first-order valence-electron chi connectivity index (χ1n) is 11.5. The zero-order chi connectivity index (χ0) is 24.9. The number of piperidine rings is 1. The van der Waals surface area contributed by atoms with Crippen molar-refractivity contribution in [3.8, 4) is 0 Å². The third-order valence-corrected chi connectivity index (χ3v) is 5.87. The number of para-hydroxylation sites is 1. The predicted octanol–water partition coefficient (Wildman–Crippen LogP) is 3.54. The summed E-state index contributed by atoms with van der Waals surface area (Å²) in [6.07, 6.45) is 0.602. The van der Waals surface area contributed by atoms with Crippen molar-refractivity contribution < 1.29 is 32.4 Å². The lowest BCUT2D eigenvalue weighted by atomic mass is 10.0. The van der Waals surface area contributed by atoms with Crippen LogP contribution in [0, 0.1) is 5.92 Å². The number of hydrogen-bond donors (Lipinski definition) is 1. The second-order valence-electron chi connectivity index (χ2n) is 9.00. The van der Waals surface area contributed by atoms with Gasteiger partial charge in [-0.05, 0) is 49.7 Å². The molecule has 0 aromatic heterocycles. The molecule has 0 unspecified atom stereocenters. The van der Waals surface area contributed by atoms with Crippen LogP contribution in [-0.2, 0) is 25.6 Å². The molecule has 7 nitrogen and oxygen atoms in total. The molecule has 1 aromatic rings. The van der Waals surface area contributed by atoms with E-state index in [1.165, 1.54) is 6.08 Å². The molecule has 2 aliphatic heterocycles. The van der Waals surface area contributed by atoms with Crippen molar-refractivity contribution in [2.45, 2.75) is 64.2 Å². The number of alkyl halides is 3. The highest BCUT2D eigenvalue weighted by molar-refractivity contribution is 6.03. The van der Waals surface area contributed by atoms with Crippen LogP contribution in [-0.4, -0.2) is 54.2 Å². The molecule has 2 heterocycles. The molecular weight excluding hydrogens is 451 g/mol. The highest BCUT2D eigenvalue weighted by atomic mass is 19.4. The van der Waals surface area contributed by atoms with Crippen LogP contribution >= 0.6 is 0 Å². The molecule has 1 fully saturated rings. The lowest BCUT2D eigenvalue weighted by molar-refractivity contribution is -0.248. The Morgan fingerprint density at radius 1 is 1.18 bits per heavy atom. The summed E-state index contributed by atoms with van der Waals surface area (Å²) in [4.78, 5) is 43.2. The molecule has 0 bridgehead atoms. The van der Waals surface area contributed by atoms with Gasteiger partial charge in [0, 0.05) is 30.9 Å². The minimum atomic E-state index is -5.14. The quantitative estimate of drug-likeness (QED) is 0.603. The number of hydroxylamine groups is 2. The second-order valence-corrected chi connectivity index (χ2v) is 9.00. The van der Waals surface area contributed by atoms with Gasteiger partial charge in [0.25, 0.3) is 5.91 Å². The summed E-state index contributed by atoms with van der Waals surface area (Å²) >= 11 is 0. The summed E-state index contributed by atoms with van der Waals surface area (Å²) in [5.41, 5.74) is 1.97. The number of nitrogens with one attached hydrogen (secondary N) is 1. The molecule has 0 aliphatic carbocycles. The van der Waals surface area contributed by atoms with Crippen LogP contribution in [0.3, 0.4) is 0 Å². The maximum absolute atomic E-state index is 12.9. The minimum absolute atomic E-state index is 0.0391. The largest absolute Gasteiger partial charge is 0.492 e. The molecule has 2 aliphatic rings. The van der Waals surface area contributed by atoms with Crippen LogP contribution in [0.2, 0.25) is 0 Å². The van der Waals surface area contributed by atoms with Crippen molar-refractivity contribution in [3.63, 3.8) is 0 Å². The lowest BCUT2D eigenvalue weighted by Crippen LogP contribution is -2.53. The van der Waals surface area contributed by atoms with E-state index in [2.05, 4.69) is 10.2 Å². The van der Waals surface area contributed by atoms with Gasteiger partial charge < -0.3 is 15.1 Å². The Kier molecular flexibility index (Phi) is 8.35. The molecule has 0 radical (unpaired) electrons. The van der Waals surface area contributed by atoms with Gasteiger partial charge in [0.05, 0.1) is 0 Å². The smallest absolute Gasteiger partial charge is 0.360 e. The third kappa shape index (κ3) is 6.59. The van der Waals surface area contributed by atoms with Crippen LogP contribution in [0.1, 0.15) is 45.1 Å². The maximum atomic E-state index is 12.9. The van der Waals surface area contributed by atoms with Crippen LogP contribution in [0.5, 0.6) is 0 Å². The molecule has 2 amide bonds. The Morgan fingerprint density at radius 3 is 2.62 bits per heavy atom. The first-order chi connectivity index (χ1) is 16.1. The topological polar surface area (TPSA) is 79.0 Å². The van der Waals surface area contributed by atoms with Crippen LogP contribution in [0.15, 0.2) is 36.4 Å². The molecule has 10 heteroatoms. The number of carbonyl (C=O) groups is 3. The third-order valence-electron chi connectivity index (χ3n) is 5.87. The molecule has 0 spiro atoms. The standard InChI is InChI=1S/C24H30F3N3O4/c1-16(2)15-18(10-11-21(31)29-14-12-17-7-3-4-8-19(17)29)28-22(32)20-9-5-6-13-30(20)34-23(33)24(25,26)27/h3-4,7-8,10-11,16,18,20H,5-6,9,12-15H2,1-2H3,(H,28,32)/b11-10+/t18-,20+/m1/s1. The van der Waals surface area contributed by atoms with E-state index in [4.69, 9.17) is 0 Å². The minimum Gasteiger partial charge on any atom is -0.360 e. The summed E-state index contributed by atoms with van der Waals surface area (Å²) in [5.74, 6) is -2.90. The van der Waals surface area contributed by atoms with E-state index in [0.29, 0.717) is 25.8 Å². The number of rotatable bonds is 7. The lowest BCUT2D eigenvalue weighted by Gasteiger charge is -2.33. The molecule has 34 heavy (non-hydrogen) atoms. The number of hydrogen-bond acceptors (Lipinski definition) is 5. The fourth-order valence-corrected chi connectivity index (χ4v) is 4.26. The number of halogens is 3.